The van der Waals surface area contributed by atoms with Gasteiger partial charge < -0.3 is 9.80 Å². The number of aryl methyl sites for hydroxylation is 2. The van der Waals surface area contributed by atoms with Crippen LogP contribution in [0.25, 0.3) is 54.6 Å². The van der Waals surface area contributed by atoms with Gasteiger partial charge in [-0.25, -0.2) is 0 Å². The maximum atomic E-state index is 4.55. The van der Waals surface area contributed by atoms with Gasteiger partial charge in [-0.1, -0.05) is 75.9 Å². The monoisotopic (exact) mass is 782 g/mol. The Hall–Kier alpha value is -5.74. The van der Waals surface area contributed by atoms with Crippen molar-refractivity contribution in [3.05, 3.63) is 144 Å². The molecule has 4 aliphatic rings. The van der Waals surface area contributed by atoms with E-state index in [1.54, 1.807) is 0 Å². The van der Waals surface area contributed by atoms with Crippen LogP contribution in [0.4, 0.5) is 22.7 Å². The molecule has 298 valence electrons. The van der Waals surface area contributed by atoms with Gasteiger partial charge in [0.15, 0.2) is 0 Å². The van der Waals surface area contributed by atoms with Gasteiger partial charge in [0.1, 0.15) is 0 Å². The molecule has 4 atom stereocenters. The van der Waals surface area contributed by atoms with Gasteiger partial charge in [-0.05, 0) is 192 Å². The van der Waals surface area contributed by atoms with Crippen LogP contribution in [0.15, 0.2) is 122 Å². The molecule has 0 saturated heterocycles. The zero-order chi connectivity index (χ0) is 40.8. The molecule has 4 nitrogen and oxygen atoms in total. The molecule has 2 aromatic heterocycles. The van der Waals surface area contributed by atoms with Crippen molar-refractivity contribution < 1.29 is 0 Å². The first kappa shape index (κ1) is 36.1. The summed E-state index contributed by atoms with van der Waals surface area (Å²) in [6, 6.07) is 42.8. The van der Waals surface area contributed by atoms with Gasteiger partial charge in [0.05, 0.1) is 11.1 Å². The van der Waals surface area contributed by atoms with Crippen molar-refractivity contribution >= 4 is 55.1 Å². The predicted octanol–water partition coefficient (Wildman–Crippen LogP) is 14.8. The summed E-state index contributed by atoms with van der Waals surface area (Å²) >= 11 is 0. The third-order valence-corrected chi connectivity index (χ3v) is 16.7. The lowest BCUT2D eigenvalue weighted by molar-refractivity contribution is 0.195. The topological polar surface area (TPSA) is 32.3 Å². The summed E-state index contributed by atoms with van der Waals surface area (Å²) in [5, 5.41) is 7.98. The summed E-state index contributed by atoms with van der Waals surface area (Å²) in [4.78, 5) is 14.4. The standard InChI is InChI=1S/C56H54N4/c1-35-27-45(19-25-57-35)59-49-17-15-37(33-47(49)53(3)21-7-9-23-55(53,59)5)43-29-39-11-13-41-31-44(32-42-14-12-40(30-43)51(39)52(41)42)38-16-18-50-48(34-38)54(4)22-8-10-24-56(54,6)60(50)46-20-26-58-36(2)28-46/h11-20,25-34H,7-10,21-24H2,1-6H3. The van der Waals surface area contributed by atoms with Crippen LogP contribution in [-0.4, -0.2) is 21.0 Å². The van der Waals surface area contributed by atoms with Crippen LogP contribution in [0.2, 0.25) is 0 Å². The van der Waals surface area contributed by atoms with Crippen LogP contribution in [0, 0.1) is 13.8 Å². The largest absolute Gasteiger partial charge is 0.334 e. The molecule has 2 fully saturated rings. The van der Waals surface area contributed by atoms with E-state index in [2.05, 4.69) is 171 Å². The van der Waals surface area contributed by atoms with Crippen molar-refractivity contribution in [1.82, 2.24) is 9.97 Å². The lowest BCUT2D eigenvalue weighted by atomic mass is 9.61. The lowest BCUT2D eigenvalue weighted by Crippen LogP contribution is -2.54. The van der Waals surface area contributed by atoms with E-state index in [0.717, 1.165) is 11.4 Å². The van der Waals surface area contributed by atoms with Gasteiger partial charge in [0.25, 0.3) is 0 Å². The number of nitrogens with zero attached hydrogens (tertiary/aromatic N) is 4. The number of anilines is 4. The molecule has 0 N–H and O–H groups in total. The van der Waals surface area contributed by atoms with E-state index in [0.29, 0.717) is 0 Å². The molecule has 4 heterocycles. The van der Waals surface area contributed by atoms with Gasteiger partial charge in [-0.3, -0.25) is 9.97 Å². The van der Waals surface area contributed by atoms with Crippen molar-refractivity contribution in [2.75, 3.05) is 9.80 Å². The summed E-state index contributed by atoms with van der Waals surface area (Å²) < 4.78 is 0. The second kappa shape index (κ2) is 12.4. The summed E-state index contributed by atoms with van der Waals surface area (Å²) in [5.41, 5.74) is 15.7. The van der Waals surface area contributed by atoms with E-state index in [-0.39, 0.29) is 21.9 Å². The molecular weight excluding hydrogens is 729 g/mol. The van der Waals surface area contributed by atoms with Crippen molar-refractivity contribution in [2.45, 2.75) is 115 Å². The first-order valence-electron chi connectivity index (χ1n) is 22.5. The molecular formula is C56H54N4. The zero-order valence-electron chi connectivity index (χ0n) is 36.0. The Kier molecular flexibility index (Phi) is 7.48. The van der Waals surface area contributed by atoms with Gasteiger partial charge >= 0.3 is 0 Å². The smallest absolute Gasteiger partial charge is 0.0517 e. The highest BCUT2D eigenvalue weighted by molar-refractivity contribution is 6.24. The van der Waals surface area contributed by atoms with Gasteiger partial charge in [0.2, 0.25) is 0 Å². The second-order valence-electron chi connectivity index (χ2n) is 19.8. The Morgan fingerprint density at radius 3 is 1.18 bits per heavy atom. The number of pyridine rings is 2. The summed E-state index contributed by atoms with van der Waals surface area (Å²) in [6.07, 6.45) is 13.8. The summed E-state index contributed by atoms with van der Waals surface area (Å²) in [6.45, 7) is 14.3. The molecule has 12 rings (SSSR count). The second-order valence-corrected chi connectivity index (χ2v) is 19.8. The van der Waals surface area contributed by atoms with E-state index < -0.39 is 0 Å². The highest BCUT2D eigenvalue weighted by Gasteiger charge is 2.59. The number of hydrogen-bond donors (Lipinski definition) is 0. The fourth-order valence-electron chi connectivity index (χ4n) is 13.1. The molecule has 2 aliphatic heterocycles. The Morgan fingerprint density at radius 1 is 0.417 bits per heavy atom. The predicted molar refractivity (Wildman–Crippen MR) is 252 cm³/mol. The average molecular weight is 783 g/mol. The maximum Gasteiger partial charge on any atom is 0.0517 e. The molecule has 0 spiro atoms. The number of aromatic nitrogens is 2. The highest BCUT2D eigenvalue weighted by atomic mass is 15.3. The Bertz CT molecular complexity index is 2800. The molecule has 60 heavy (non-hydrogen) atoms. The lowest BCUT2D eigenvalue weighted by Gasteiger charge is -2.50. The van der Waals surface area contributed by atoms with Crippen LogP contribution in [0.3, 0.4) is 0 Å². The quantitative estimate of drug-likeness (QED) is 0.166. The minimum Gasteiger partial charge on any atom is -0.334 e. The number of hydrogen-bond acceptors (Lipinski definition) is 4. The average Bonchev–Trinajstić information content (AvgIpc) is 3.59. The minimum atomic E-state index is 0.0140. The Morgan fingerprint density at radius 2 is 0.800 bits per heavy atom. The van der Waals surface area contributed by atoms with Crippen molar-refractivity contribution in [3.63, 3.8) is 0 Å². The maximum absolute atomic E-state index is 4.55. The highest BCUT2D eigenvalue weighted by Crippen LogP contribution is 2.63. The fraction of sp³-hybridized carbons (Fsp3) is 0.321. The number of fused-ring (bicyclic) bond motifs is 6. The van der Waals surface area contributed by atoms with Crippen molar-refractivity contribution in [2.24, 2.45) is 0 Å². The van der Waals surface area contributed by atoms with Gasteiger partial charge in [-0.15, -0.1) is 0 Å². The van der Waals surface area contributed by atoms with Crippen LogP contribution >= 0.6 is 0 Å². The van der Waals surface area contributed by atoms with Crippen LogP contribution in [0.1, 0.15) is 102 Å². The van der Waals surface area contributed by atoms with Gasteiger partial charge in [0, 0.05) is 57.4 Å². The molecule has 4 unspecified atom stereocenters. The number of rotatable bonds is 4. The van der Waals surface area contributed by atoms with Crippen LogP contribution in [-0.2, 0) is 10.8 Å². The van der Waals surface area contributed by atoms with E-state index in [9.17, 15) is 0 Å². The van der Waals surface area contributed by atoms with Crippen LogP contribution < -0.4 is 9.80 Å². The normalized spacial score (nSPS) is 25.8. The first-order chi connectivity index (χ1) is 29.0. The van der Waals surface area contributed by atoms with Crippen molar-refractivity contribution in [3.8, 4) is 22.3 Å². The van der Waals surface area contributed by atoms with E-state index in [1.165, 1.54) is 140 Å². The van der Waals surface area contributed by atoms with E-state index in [1.807, 2.05) is 12.4 Å². The van der Waals surface area contributed by atoms with Crippen LogP contribution in [0.5, 0.6) is 0 Å². The summed E-state index contributed by atoms with van der Waals surface area (Å²) in [5.74, 6) is 0. The first-order valence-corrected chi connectivity index (χ1v) is 22.5. The third kappa shape index (κ3) is 4.74. The molecule has 0 bridgehead atoms. The third-order valence-electron chi connectivity index (χ3n) is 16.7. The molecule has 0 amide bonds. The molecule has 8 aromatic rings. The Labute approximate surface area is 354 Å². The molecule has 0 radical (unpaired) electrons. The minimum absolute atomic E-state index is 0.0140. The summed E-state index contributed by atoms with van der Waals surface area (Å²) in [7, 11) is 0. The number of benzene rings is 6. The molecule has 6 aromatic carbocycles. The van der Waals surface area contributed by atoms with Gasteiger partial charge in [-0.2, -0.15) is 0 Å². The fourth-order valence-corrected chi connectivity index (χ4v) is 13.1. The molecule has 2 aliphatic carbocycles. The Balaban J connectivity index is 0.946. The van der Waals surface area contributed by atoms with E-state index in [4.69, 9.17) is 0 Å². The molecule has 2 saturated carbocycles. The molecule has 4 heteroatoms. The SMILES string of the molecule is Cc1cc(N2c3ccc(-c4cc5ccc6cc(-c7ccc8c(c7)C7(C)CCCCC7(C)N8c7ccnc(C)c7)cc7ccc(c4)c5c67)cc3C3(C)CCCCC23C)ccn1. The van der Waals surface area contributed by atoms with E-state index >= 15 is 0 Å². The van der Waals surface area contributed by atoms with Crippen molar-refractivity contribution in [1.29, 1.82) is 0 Å². The zero-order valence-corrected chi connectivity index (χ0v) is 36.0.